The monoisotopic (exact) mass is 832 g/mol. The van der Waals surface area contributed by atoms with Crippen molar-refractivity contribution >= 4 is 48.1 Å². The summed E-state index contributed by atoms with van der Waals surface area (Å²) in [7, 11) is -13.7. The van der Waals surface area contributed by atoms with Gasteiger partial charge in [0.25, 0.3) is 0 Å². The molecule has 1 N–H and O–H groups in total. The molecule has 0 saturated carbocycles. The number of benzene rings is 2. The summed E-state index contributed by atoms with van der Waals surface area (Å²) in [6.07, 6.45) is 9.44. The predicted molar refractivity (Wildman–Crippen MR) is 210 cm³/mol. The minimum atomic E-state index is -4.84. The zero-order chi connectivity index (χ0) is 41.7. The second kappa shape index (κ2) is 17.6. The zero-order valence-corrected chi connectivity index (χ0v) is 34.5. The van der Waals surface area contributed by atoms with E-state index in [9.17, 15) is 48.8 Å². The number of hydrogen-bond donors (Lipinski definition) is 1. The Hall–Kier alpha value is -4.13. The van der Waals surface area contributed by atoms with E-state index in [-0.39, 0.29) is 44.1 Å². The van der Waals surface area contributed by atoms with Gasteiger partial charge in [0, 0.05) is 64.7 Å². The molecule has 0 saturated heterocycles. The van der Waals surface area contributed by atoms with Gasteiger partial charge < -0.3 is 28.1 Å². The van der Waals surface area contributed by atoms with Crippen LogP contribution in [0.5, 0.6) is 0 Å². The second-order valence-corrected chi connectivity index (χ2v) is 19.4. The summed E-state index contributed by atoms with van der Waals surface area (Å²) in [6, 6.07) is 11.6. The van der Waals surface area contributed by atoms with Crippen LogP contribution in [0.2, 0.25) is 0 Å². The van der Waals surface area contributed by atoms with Crippen LogP contribution < -0.4 is 14.8 Å². The van der Waals surface area contributed by atoms with Crippen molar-refractivity contribution in [3.05, 3.63) is 94.7 Å². The van der Waals surface area contributed by atoms with E-state index >= 15 is 0 Å². The van der Waals surface area contributed by atoms with Crippen LogP contribution in [-0.4, -0.2) is 81.1 Å². The van der Waals surface area contributed by atoms with Gasteiger partial charge in [-0.1, -0.05) is 45.1 Å². The van der Waals surface area contributed by atoms with Crippen LogP contribution in [0.3, 0.4) is 0 Å². The Labute approximate surface area is 329 Å². The molecule has 1 atom stereocenters. The van der Waals surface area contributed by atoms with Gasteiger partial charge in [-0.2, -0.15) is 0 Å². The maximum atomic E-state index is 12.0. The van der Waals surface area contributed by atoms with Crippen molar-refractivity contribution in [2.24, 2.45) is 0 Å². The fourth-order valence-corrected chi connectivity index (χ4v) is 8.32. The first kappa shape index (κ1) is 44.6. The molecule has 56 heavy (non-hydrogen) atoms. The Bertz CT molecular complexity index is 2410. The molecule has 0 radical (unpaired) electrons. The van der Waals surface area contributed by atoms with Crippen LogP contribution in [0, 0.1) is 0 Å². The first-order chi connectivity index (χ1) is 25.9. The highest BCUT2D eigenvalue weighted by Crippen LogP contribution is 2.51. The minimum Gasteiger partial charge on any atom is -0.748 e. The summed E-state index contributed by atoms with van der Waals surface area (Å²) in [5.41, 5.74) is 1.89. The molecule has 1 aliphatic carbocycles. The number of hydrogen-bond acceptors (Lipinski definition) is 12. The SMILES string of the molecule is CC[N+](CCCS(=O)(=O)[O-])=c1ccc2c(/C=C/C=C/C=C3/N(CCCS(=O)(=O)[O-])c4ccc(S(=O)(=O)[O-])cc4C3(C)CCCC(=O)O)cc(C(C)(C)C)oc-2c1. The van der Waals surface area contributed by atoms with Gasteiger partial charge >= 0.3 is 5.97 Å². The molecule has 4 rings (SSSR count). The van der Waals surface area contributed by atoms with Crippen molar-refractivity contribution < 1.29 is 53.2 Å². The minimum absolute atomic E-state index is 0.0406. The highest BCUT2D eigenvalue weighted by atomic mass is 32.2. The number of fused-ring (bicyclic) bond motifs is 2. The third-order valence-electron chi connectivity index (χ3n) is 9.68. The molecule has 14 nitrogen and oxygen atoms in total. The summed E-state index contributed by atoms with van der Waals surface area (Å²) < 4.78 is 112. The standard InChI is InChI=1S/C39H50N2O12S3/c1-6-40(21-11-23-54(44,45)46)29-16-18-31-28(25-36(38(2,3)4)53-34(31)26-29)13-8-7-9-14-35-39(5,20-10-15-37(42)43)32-27-30(56(50,51)52)17-19-33(32)41(35)22-12-24-55(47,48)49/h7-9,13-14,16-19,25-27H,6,10-12,15,20-24H2,1-5H3,(H3-,42,43,44,45,46,47,48,49,50,51,52)/p-2. The van der Waals surface area contributed by atoms with Gasteiger partial charge in [0.15, 0.2) is 0 Å². The van der Waals surface area contributed by atoms with Crippen LogP contribution in [-0.2, 0) is 46.0 Å². The number of carboxylic acid groups (broad SMARTS) is 1. The summed E-state index contributed by atoms with van der Waals surface area (Å²) in [5, 5.41) is 10.2. The number of allylic oxidation sites excluding steroid dienone is 5. The van der Waals surface area contributed by atoms with Crippen LogP contribution in [0.15, 0.2) is 81.8 Å². The van der Waals surface area contributed by atoms with Gasteiger partial charge in [0.2, 0.25) is 5.36 Å². The fraction of sp³-hybridized carbons (Fsp3) is 0.436. The van der Waals surface area contributed by atoms with Gasteiger partial charge in [-0.25, -0.2) is 29.8 Å². The second-order valence-electron chi connectivity index (χ2n) is 15.0. The molecule has 306 valence electrons. The molecule has 1 unspecified atom stereocenters. The maximum absolute atomic E-state index is 12.0. The van der Waals surface area contributed by atoms with Gasteiger partial charge in [-0.3, -0.25) is 4.79 Å². The third-order valence-corrected chi connectivity index (χ3v) is 12.1. The van der Waals surface area contributed by atoms with E-state index in [0.29, 0.717) is 41.6 Å². The van der Waals surface area contributed by atoms with Crippen molar-refractivity contribution in [3.8, 4) is 11.3 Å². The molecular formula is C39H48N2O12S3-2. The molecule has 2 heterocycles. The van der Waals surface area contributed by atoms with E-state index in [1.54, 1.807) is 23.1 Å². The molecule has 3 aliphatic rings. The lowest BCUT2D eigenvalue weighted by Crippen LogP contribution is -2.31. The van der Waals surface area contributed by atoms with Crippen molar-refractivity contribution in [1.29, 1.82) is 0 Å². The largest absolute Gasteiger partial charge is 0.748 e. The highest BCUT2D eigenvalue weighted by Gasteiger charge is 2.43. The molecule has 17 heteroatoms. The van der Waals surface area contributed by atoms with Crippen molar-refractivity contribution in [1.82, 2.24) is 4.58 Å². The van der Waals surface area contributed by atoms with Crippen molar-refractivity contribution in [3.63, 3.8) is 0 Å². The first-order valence-corrected chi connectivity index (χ1v) is 22.7. The number of rotatable bonds is 17. The average Bonchev–Trinajstić information content (AvgIpc) is 3.30. The van der Waals surface area contributed by atoms with Crippen LogP contribution in [0.4, 0.5) is 5.69 Å². The van der Waals surface area contributed by atoms with E-state index in [0.717, 1.165) is 16.5 Å². The molecule has 0 spiro atoms. The Kier molecular flexibility index (Phi) is 14.0. The first-order valence-electron chi connectivity index (χ1n) is 18.1. The summed E-state index contributed by atoms with van der Waals surface area (Å²) in [5.74, 6) is -0.789. The lowest BCUT2D eigenvalue weighted by atomic mass is 9.77. The van der Waals surface area contributed by atoms with E-state index < -0.39 is 58.1 Å². The number of anilines is 1. The number of carboxylic acids is 1. The van der Waals surface area contributed by atoms with Crippen molar-refractivity contribution in [2.45, 2.75) is 82.4 Å². The molecular weight excluding hydrogens is 785 g/mol. The van der Waals surface area contributed by atoms with Crippen LogP contribution in [0.1, 0.15) is 83.6 Å². The number of nitrogens with zero attached hydrogens (tertiary/aromatic N) is 2. The number of aliphatic carboxylic acids is 1. The Morgan fingerprint density at radius 3 is 2.20 bits per heavy atom. The lowest BCUT2D eigenvalue weighted by molar-refractivity contribution is -0.137. The third kappa shape index (κ3) is 11.7. The molecule has 0 fully saturated rings. The Morgan fingerprint density at radius 2 is 1.59 bits per heavy atom. The van der Waals surface area contributed by atoms with Gasteiger partial charge in [0.1, 0.15) is 34.7 Å². The van der Waals surface area contributed by atoms with E-state index in [4.69, 9.17) is 4.42 Å². The number of carbonyl (C=O) groups is 1. The predicted octanol–water partition coefficient (Wildman–Crippen LogP) is 4.73. The highest BCUT2D eigenvalue weighted by molar-refractivity contribution is 7.86. The lowest BCUT2D eigenvalue weighted by Gasteiger charge is -2.30. The molecule has 1 aromatic rings. The Balaban J connectivity index is 1.77. The van der Waals surface area contributed by atoms with Gasteiger partial charge in [-0.15, -0.1) is 0 Å². The van der Waals surface area contributed by atoms with Crippen LogP contribution >= 0.6 is 0 Å². The average molecular weight is 833 g/mol. The van der Waals surface area contributed by atoms with Crippen molar-refractivity contribution in [2.75, 3.05) is 36.0 Å². The molecule has 0 bridgehead atoms. The normalized spacial score (nSPS) is 18.1. The van der Waals surface area contributed by atoms with E-state index in [1.165, 1.54) is 18.2 Å². The summed E-state index contributed by atoms with van der Waals surface area (Å²) >= 11 is 0. The zero-order valence-electron chi connectivity index (χ0n) is 32.1. The van der Waals surface area contributed by atoms with Gasteiger partial charge in [0.05, 0.1) is 31.2 Å². The molecule has 2 aliphatic heterocycles. The molecule has 0 amide bonds. The summed E-state index contributed by atoms with van der Waals surface area (Å²) in [4.78, 5) is 12.8. The fourth-order valence-electron chi connectivity index (χ4n) is 6.86. The topological polar surface area (TPSA) is 228 Å². The van der Waals surface area contributed by atoms with E-state index in [2.05, 4.69) is 0 Å². The summed E-state index contributed by atoms with van der Waals surface area (Å²) in [6.45, 7) is 10.8. The molecule has 1 aromatic carbocycles. The van der Waals surface area contributed by atoms with E-state index in [1.807, 2.05) is 75.6 Å². The molecule has 0 aromatic heterocycles. The smallest absolute Gasteiger partial charge is 0.303 e. The van der Waals surface area contributed by atoms with Crippen LogP contribution in [0.25, 0.3) is 17.4 Å². The van der Waals surface area contributed by atoms with Gasteiger partial charge in [-0.05, 0) is 80.6 Å². The quantitative estimate of drug-likeness (QED) is 0.110. The Morgan fingerprint density at radius 1 is 0.911 bits per heavy atom. The maximum Gasteiger partial charge on any atom is 0.303 e.